The summed E-state index contributed by atoms with van der Waals surface area (Å²) >= 11 is 0. The Labute approximate surface area is 123 Å². The van der Waals surface area contributed by atoms with Gasteiger partial charge in [0, 0.05) is 13.3 Å². The van der Waals surface area contributed by atoms with Gasteiger partial charge in [-0.1, -0.05) is 51.3 Å². The number of carbonyl (C=O) groups is 1. The van der Waals surface area contributed by atoms with Crippen molar-refractivity contribution in [3.8, 4) is 11.8 Å². The molecule has 20 heavy (non-hydrogen) atoms. The third kappa shape index (κ3) is 5.65. The molecule has 110 valence electrons. The summed E-state index contributed by atoms with van der Waals surface area (Å²) < 4.78 is 5.35. The molecule has 0 fully saturated rings. The van der Waals surface area contributed by atoms with E-state index in [1.807, 2.05) is 6.92 Å². The zero-order valence-electron chi connectivity index (χ0n) is 13.4. The number of rotatable bonds is 3. The lowest BCUT2D eigenvalue weighted by Gasteiger charge is -2.39. The van der Waals surface area contributed by atoms with Crippen molar-refractivity contribution < 1.29 is 9.53 Å². The van der Waals surface area contributed by atoms with Gasteiger partial charge in [0.05, 0.1) is 0 Å². The summed E-state index contributed by atoms with van der Waals surface area (Å²) in [7, 11) is 0. The van der Waals surface area contributed by atoms with Gasteiger partial charge in [-0.05, 0) is 36.2 Å². The van der Waals surface area contributed by atoms with Crippen LogP contribution in [0.4, 0.5) is 0 Å². The molecule has 0 N–H and O–H groups in total. The fourth-order valence-corrected chi connectivity index (χ4v) is 2.98. The Bertz CT molecular complexity index is 473. The summed E-state index contributed by atoms with van der Waals surface area (Å²) in [5.41, 5.74) is 1.09. The van der Waals surface area contributed by atoms with E-state index in [0.29, 0.717) is 0 Å². The molecule has 0 heterocycles. The number of ether oxygens (including phenoxy) is 1. The minimum Gasteiger partial charge on any atom is -0.449 e. The molecule has 2 nitrogen and oxygen atoms in total. The van der Waals surface area contributed by atoms with Crippen LogP contribution < -0.4 is 0 Å². The van der Waals surface area contributed by atoms with Crippen LogP contribution in [0.3, 0.4) is 0 Å². The first-order valence-electron chi connectivity index (χ1n) is 7.14. The smallest absolute Gasteiger partial charge is 0.303 e. The predicted molar refractivity (Wildman–Crippen MR) is 83.0 cm³/mol. The van der Waals surface area contributed by atoms with Crippen LogP contribution in [-0.2, 0) is 9.53 Å². The first kappa shape index (κ1) is 16.6. The number of hydrogen-bond acceptors (Lipinski definition) is 2. The van der Waals surface area contributed by atoms with E-state index in [2.05, 4.69) is 51.3 Å². The minimum absolute atomic E-state index is 0.0195. The zero-order chi connectivity index (χ0) is 15.4. The zero-order valence-corrected chi connectivity index (χ0v) is 13.4. The topological polar surface area (TPSA) is 26.3 Å². The minimum atomic E-state index is -0.368. The highest BCUT2D eigenvalue weighted by molar-refractivity contribution is 5.66. The van der Waals surface area contributed by atoms with Crippen molar-refractivity contribution in [3.63, 3.8) is 0 Å². The van der Waals surface area contributed by atoms with Gasteiger partial charge in [-0.25, -0.2) is 0 Å². The average Bonchev–Trinajstić information content (AvgIpc) is 2.22. The summed E-state index contributed by atoms with van der Waals surface area (Å²) in [4.78, 5) is 11.2. The number of allylic oxidation sites excluding steroid dienone is 3. The van der Waals surface area contributed by atoms with E-state index < -0.39 is 0 Å². The van der Waals surface area contributed by atoms with Gasteiger partial charge in [-0.15, -0.1) is 0 Å². The molecule has 1 rings (SSSR count). The van der Waals surface area contributed by atoms with E-state index in [1.54, 1.807) is 0 Å². The SMILES string of the molecule is C=C(C)C#CC(C[C@]1(C)C=CCC(C)(C)C1)OC(C)=O. The fourth-order valence-electron chi connectivity index (χ4n) is 2.98. The largest absolute Gasteiger partial charge is 0.449 e. The molecule has 1 unspecified atom stereocenters. The maximum absolute atomic E-state index is 11.2. The lowest BCUT2D eigenvalue weighted by atomic mass is 9.66. The fraction of sp³-hybridized carbons (Fsp3) is 0.611. The molecule has 0 saturated heterocycles. The maximum Gasteiger partial charge on any atom is 0.303 e. The van der Waals surface area contributed by atoms with Crippen LogP contribution in [0.15, 0.2) is 24.3 Å². The lowest BCUT2D eigenvalue weighted by molar-refractivity contribution is -0.144. The Morgan fingerprint density at radius 2 is 2.05 bits per heavy atom. The van der Waals surface area contributed by atoms with Crippen LogP contribution >= 0.6 is 0 Å². The van der Waals surface area contributed by atoms with Crippen molar-refractivity contribution in [1.82, 2.24) is 0 Å². The lowest BCUT2D eigenvalue weighted by Crippen LogP contribution is -2.31. The second-order valence-corrected chi connectivity index (χ2v) is 6.95. The second-order valence-electron chi connectivity index (χ2n) is 6.95. The van der Waals surface area contributed by atoms with Crippen LogP contribution in [0.1, 0.15) is 53.9 Å². The molecule has 0 amide bonds. The maximum atomic E-state index is 11.2. The van der Waals surface area contributed by atoms with E-state index in [1.165, 1.54) is 6.92 Å². The molecule has 0 radical (unpaired) electrons. The molecule has 2 atom stereocenters. The van der Waals surface area contributed by atoms with Gasteiger partial charge < -0.3 is 4.74 Å². The van der Waals surface area contributed by atoms with E-state index >= 15 is 0 Å². The van der Waals surface area contributed by atoms with E-state index in [9.17, 15) is 4.79 Å². The van der Waals surface area contributed by atoms with Crippen molar-refractivity contribution in [2.75, 3.05) is 0 Å². The molecule has 1 aliphatic rings. The van der Waals surface area contributed by atoms with Gasteiger partial charge >= 0.3 is 5.97 Å². The van der Waals surface area contributed by atoms with Crippen molar-refractivity contribution in [2.45, 2.75) is 60.0 Å². The van der Waals surface area contributed by atoms with Crippen LogP contribution in [0, 0.1) is 22.7 Å². The Hall–Kier alpha value is -1.49. The summed E-state index contributed by atoms with van der Waals surface area (Å²) in [6, 6.07) is 0. The van der Waals surface area contributed by atoms with Gasteiger partial charge in [0.25, 0.3) is 0 Å². The van der Waals surface area contributed by atoms with Crippen LogP contribution in [0.25, 0.3) is 0 Å². The standard InChI is InChI=1S/C18H26O2/c1-14(2)8-9-16(20-15(3)19)12-18(6)11-7-10-17(4,5)13-18/h7,11,16H,1,10,12-13H2,2-6H3/t16?,18-/m0/s1. The van der Waals surface area contributed by atoms with Gasteiger partial charge in [0.2, 0.25) is 0 Å². The molecule has 0 saturated carbocycles. The van der Waals surface area contributed by atoms with Gasteiger partial charge in [0.15, 0.2) is 6.10 Å². The number of carbonyl (C=O) groups excluding carboxylic acids is 1. The number of hydrogen-bond donors (Lipinski definition) is 0. The summed E-state index contributed by atoms with van der Waals surface area (Å²) in [6.07, 6.45) is 7.01. The van der Waals surface area contributed by atoms with Crippen LogP contribution in [0.2, 0.25) is 0 Å². The van der Waals surface area contributed by atoms with Crippen LogP contribution in [0.5, 0.6) is 0 Å². The summed E-state index contributed by atoms with van der Waals surface area (Å²) in [6.45, 7) is 13.8. The number of esters is 1. The third-order valence-corrected chi connectivity index (χ3v) is 3.48. The summed E-state index contributed by atoms with van der Waals surface area (Å²) in [5.74, 6) is 5.67. The molecule has 0 aromatic heterocycles. The molecular weight excluding hydrogens is 248 g/mol. The first-order valence-corrected chi connectivity index (χ1v) is 7.14. The van der Waals surface area contributed by atoms with Crippen LogP contribution in [-0.4, -0.2) is 12.1 Å². The molecule has 1 aliphatic carbocycles. The van der Waals surface area contributed by atoms with E-state index in [4.69, 9.17) is 4.74 Å². The van der Waals surface area contributed by atoms with Crippen molar-refractivity contribution in [3.05, 3.63) is 24.3 Å². The average molecular weight is 274 g/mol. The highest BCUT2D eigenvalue weighted by Gasteiger charge is 2.35. The predicted octanol–water partition coefficient (Wildman–Crippen LogP) is 4.27. The third-order valence-electron chi connectivity index (χ3n) is 3.48. The van der Waals surface area contributed by atoms with Crippen molar-refractivity contribution >= 4 is 5.97 Å². The molecular formula is C18H26O2. The highest BCUT2D eigenvalue weighted by Crippen LogP contribution is 2.44. The van der Waals surface area contributed by atoms with Crippen molar-refractivity contribution in [1.29, 1.82) is 0 Å². The Kier molecular flexibility index (Phi) is 5.22. The molecule has 2 heteroatoms. The first-order chi connectivity index (χ1) is 9.12. The molecule has 0 spiro atoms. The Morgan fingerprint density at radius 3 is 2.55 bits per heavy atom. The van der Waals surface area contributed by atoms with Gasteiger partial charge in [-0.3, -0.25) is 4.79 Å². The highest BCUT2D eigenvalue weighted by atomic mass is 16.5. The second kappa shape index (κ2) is 6.31. The van der Waals surface area contributed by atoms with Gasteiger partial charge in [-0.2, -0.15) is 0 Å². The molecule has 0 aromatic carbocycles. The van der Waals surface area contributed by atoms with E-state index in [0.717, 1.165) is 24.8 Å². The quantitative estimate of drug-likeness (QED) is 0.436. The molecule has 0 aromatic rings. The molecule has 0 bridgehead atoms. The van der Waals surface area contributed by atoms with Crippen molar-refractivity contribution in [2.24, 2.45) is 10.8 Å². The van der Waals surface area contributed by atoms with E-state index in [-0.39, 0.29) is 22.9 Å². The monoisotopic (exact) mass is 274 g/mol. The normalized spacial score (nSPS) is 25.2. The Morgan fingerprint density at radius 1 is 1.40 bits per heavy atom. The molecule has 0 aliphatic heterocycles. The van der Waals surface area contributed by atoms with Gasteiger partial charge in [0.1, 0.15) is 0 Å². The summed E-state index contributed by atoms with van der Waals surface area (Å²) in [5, 5.41) is 0. The Balaban J connectivity index is 2.86.